The number of H-pyrrole nitrogens is 1. The summed E-state index contributed by atoms with van der Waals surface area (Å²) in [4.78, 5) is 7.62. The van der Waals surface area contributed by atoms with Crippen molar-refractivity contribution in [2.24, 2.45) is 11.8 Å². The zero-order valence-electron chi connectivity index (χ0n) is 11.2. The van der Waals surface area contributed by atoms with Gasteiger partial charge < -0.3 is 10.3 Å². The topological polar surface area (TPSA) is 40.7 Å². The molecule has 0 bridgehead atoms. The minimum atomic E-state index is 0.268. The summed E-state index contributed by atoms with van der Waals surface area (Å²) >= 11 is 17.1. The Labute approximate surface area is 129 Å². The van der Waals surface area contributed by atoms with Crippen molar-refractivity contribution < 1.29 is 0 Å². The Morgan fingerprint density at radius 2 is 2.05 bits per heavy atom. The molecule has 106 valence electrons. The molecule has 3 nitrogen and oxygen atoms in total. The lowest BCUT2D eigenvalue weighted by molar-refractivity contribution is 0.225. The molecule has 1 aliphatic rings. The van der Waals surface area contributed by atoms with Gasteiger partial charge in [-0.1, -0.05) is 62.1 Å². The van der Waals surface area contributed by atoms with E-state index in [1.54, 1.807) is 0 Å². The van der Waals surface area contributed by atoms with Crippen molar-refractivity contribution >= 4 is 40.4 Å². The van der Waals surface area contributed by atoms with E-state index in [0.29, 0.717) is 33.8 Å². The number of rotatable bonds is 3. The number of hydrogen-bond acceptors (Lipinski definition) is 2. The average molecular weight is 320 g/mol. The second-order valence-electron chi connectivity index (χ2n) is 5.46. The summed E-state index contributed by atoms with van der Waals surface area (Å²) in [7, 11) is 0. The van der Waals surface area contributed by atoms with Gasteiger partial charge in [0.15, 0.2) is 11.0 Å². The molecule has 0 spiro atoms. The van der Waals surface area contributed by atoms with E-state index in [4.69, 9.17) is 35.4 Å². The normalized spacial score (nSPS) is 23.6. The summed E-state index contributed by atoms with van der Waals surface area (Å²) in [5.41, 5.74) is 0. The Kier molecular flexibility index (Phi) is 5.09. The van der Waals surface area contributed by atoms with Gasteiger partial charge in [0, 0.05) is 6.04 Å². The Morgan fingerprint density at radius 3 is 2.63 bits per heavy atom. The first kappa shape index (κ1) is 15.1. The van der Waals surface area contributed by atoms with Crippen molar-refractivity contribution in [1.29, 1.82) is 0 Å². The summed E-state index contributed by atoms with van der Waals surface area (Å²) in [5, 5.41) is 4.03. The zero-order valence-corrected chi connectivity index (χ0v) is 13.5. The van der Waals surface area contributed by atoms with E-state index < -0.39 is 0 Å². The SMILES string of the molecule is CC(C)C1CCCCC1NC(=S)c1nc(Cl)c(Cl)[nH]1. The third-order valence-corrected chi connectivity index (χ3v) is 4.78. The summed E-state index contributed by atoms with van der Waals surface area (Å²) in [6.07, 6.45) is 4.98. The molecule has 6 heteroatoms. The van der Waals surface area contributed by atoms with Crippen molar-refractivity contribution in [3.8, 4) is 0 Å². The van der Waals surface area contributed by atoms with Crippen LogP contribution in [0.15, 0.2) is 0 Å². The Morgan fingerprint density at radius 1 is 1.37 bits per heavy atom. The van der Waals surface area contributed by atoms with Crippen molar-refractivity contribution in [2.75, 3.05) is 0 Å². The van der Waals surface area contributed by atoms with Crippen LogP contribution < -0.4 is 5.32 Å². The first-order chi connectivity index (χ1) is 8.99. The van der Waals surface area contributed by atoms with Crippen molar-refractivity contribution in [2.45, 2.75) is 45.6 Å². The predicted molar refractivity (Wildman–Crippen MR) is 84.0 cm³/mol. The van der Waals surface area contributed by atoms with Crippen LogP contribution in [0.5, 0.6) is 0 Å². The van der Waals surface area contributed by atoms with E-state index in [-0.39, 0.29) is 5.15 Å². The lowest BCUT2D eigenvalue weighted by atomic mass is 9.78. The second kappa shape index (κ2) is 6.42. The summed E-state index contributed by atoms with van der Waals surface area (Å²) in [5.74, 6) is 1.87. The molecule has 0 saturated heterocycles. The minimum absolute atomic E-state index is 0.268. The molecule has 2 rings (SSSR count). The van der Waals surface area contributed by atoms with Crippen LogP contribution in [-0.2, 0) is 0 Å². The highest BCUT2D eigenvalue weighted by Crippen LogP contribution is 2.30. The number of imidazole rings is 1. The summed E-state index contributed by atoms with van der Waals surface area (Å²) in [6.45, 7) is 4.54. The van der Waals surface area contributed by atoms with Crippen LogP contribution in [0.1, 0.15) is 45.4 Å². The van der Waals surface area contributed by atoms with Gasteiger partial charge in [-0.05, 0) is 24.7 Å². The fraction of sp³-hybridized carbons (Fsp3) is 0.692. The zero-order chi connectivity index (χ0) is 14.0. The number of aromatic amines is 1. The molecule has 1 aromatic heterocycles. The molecule has 19 heavy (non-hydrogen) atoms. The van der Waals surface area contributed by atoms with Crippen molar-refractivity contribution in [3.63, 3.8) is 0 Å². The maximum absolute atomic E-state index is 5.86. The quantitative estimate of drug-likeness (QED) is 0.820. The van der Waals surface area contributed by atoms with Gasteiger partial charge >= 0.3 is 0 Å². The molecular weight excluding hydrogens is 301 g/mol. The van der Waals surface area contributed by atoms with Crippen LogP contribution in [0.4, 0.5) is 0 Å². The van der Waals surface area contributed by atoms with E-state index in [0.717, 1.165) is 6.42 Å². The van der Waals surface area contributed by atoms with Crippen molar-refractivity contribution in [1.82, 2.24) is 15.3 Å². The van der Waals surface area contributed by atoms with E-state index >= 15 is 0 Å². The molecule has 2 N–H and O–H groups in total. The highest BCUT2D eigenvalue weighted by molar-refractivity contribution is 7.80. The molecule has 1 fully saturated rings. The maximum atomic E-state index is 5.86. The number of hydrogen-bond donors (Lipinski definition) is 2. The van der Waals surface area contributed by atoms with Gasteiger partial charge in [-0.25, -0.2) is 4.98 Å². The third kappa shape index (κ3) is 3.61. The first-order valence-corrected chi connectivity index (χ1v) is 7.87. The smallest absolute Gasteiger partial charge is 0.167 e. The highest BCUT2D eigenvalue weighted by Gasteiger charge is 2.28. The Hall–Kier alpha value is -0.320. The van der Waals surface area contributed by atoms with Gasteiger partial charge in [0.05, 0.1) is 0 Å². The van der Waals surface area contributed by atoms with Gasteiger partial charge in [-0.3, -0.25) is 0 Å². The first-order valence-electron chi connectivity index (χ1n) is 6.71. The fourth-order valence-corrected chi connectivity index (χ4v) is 3.32. The molecule has 2 unspecified atom stereocenters. The summed E-state index contributed by atoms with van der Waals surface area (Å²) < 4.78 is 0. The molecule has 0 amide bonds. The maximum Gasteiger partial charge on any atom is 0.167 e. The molecular formula is C13H19Cl2N3S. The molecule has 2 atom stereocenters. The van der Waals surface area contributed by atoms with Gasteiger partial charge in [0.1, 0.15) is 10.1 Å². The van der Waals surface area contributed by atoms with E-state index in [9.17, 15) is 0 Å². The van der Waals surface area contributed by atoms with Gasteiger partial charge in [0.25, 0.3) is 0 Å². The summed E-state index contributed by atoms with van der Waals surface area (Å²) in [6, 6.07) is 0.420. The number of aromatic nitrogens is 2. The van der Waals surface area contributed by atoms with Gasteiger partial charge in [0.2, 0.25) is 0 Å². The lowest BCUT2D eigenvalue weighted by Crippen LogP contribution is -2.43. The van der Waals surface area contributed by atoms with Gasteiger partial charge in [-0.15, -0.1) is 0 Å². The molecule has 1 heterocycles. The molecule has 0 radical (unpaired) electrons. The largest absolute Gasteiger partial charge is 0.370 e. The van der Waals surface area contributed by atoms with Crippen LogP contribution in [0.25, 0.3) is 0 Å². The molecule has 1 aromatic rings. The highest BCUT2D eigenvalue weighted by atomic mass is 35.5. The van der Waals surface area contributed by atoms with Crippen LogP contribution in [0.3, 0.4) is 0 Å². The number of nitrogens with one attached hydrogen (secondary N) is 2. The number of halogens is 2. The molecule has 1 aliphatic carbocycles. The van der Waals surface area contributed by atoms with E-state index in [1.807, 2.05) is 0 Å². The fourth-order valence-electron chi connectivity index (χ4n) is 2.81. The Bertz CT molecular complexity index is 439. The monoisotopic (exact) mass is 319 g/mol. The van der Waals surface area contributed by atoms with E-state index in [1.165, 1.54) is 19.3 Å². The lowest BCUT2D eigenvalue weighted by Gasteiger charge is -2.35. The molecule has 1 saturated carbocycles. The molecule has 0 aliphatic heterocycles. The van der Waals surface area contributed by atoms with Crippen molar-refractivity contribution in [3.05, 3.63) is 16.1 Å². The minimum Gasteiger partial charge on any atom is -0.370 e. The van der Waals surface area contributed by atoms with Crippen LogP contribution >= 0.6 is 35.4 Å². The second-order valence-corrected chi connectivity index (χ2v) is 6.61. The number of nitrogens with zero attached hydrogens (tertiary/aromatic N) is 1. The Balaban J connectivity index is 2.04. The van der Waals surface area contributed by atoms with Gasteiger partial charge in [-0.2, -0.15) is 0 Å². The number of thiocarbonyl (C=S) groups is 1. The standard InChI is InChI=1S/C13H19Cl2N3S/c1-7(2)8-5-3-4-6-9(8)16-13(19)12-17-10(14)11(15)18-12/h7-9H,3-6H2,1-2H3,(H,16,19)(H,17,18). The third-order valence-electron chi connectivity index (χ3n) is 3.83. The predicted octanol–water partition coefficient (Wildman–Crippen LogP) is 4.20. The molecule has 0 aromatic carbocycles. The van der Waals surface area contributed by atoms with Crippen LogP contribution in [0, 0.1) is 11.8 Å². The van der Waals surface area contributed by atoms with E-state index in [2.05, 4.69) is 29.1 Å². The van der Waals surface area contributed by atoms with Crippen LogP contribution in [0.2, 0.25) is 10.3 Å². The average Bonchev–Trinajstić information content (AvgIpc) is 2.70. The van der Waals surface area contributed by atoms with Crippen LogP contribution in [-0.4, -0.2) is 21.0 Å².